The number of halogens is 1. The van der Waals surface area contributed by atoms with Gasteiger partial charge in [0.2, 0.25) is 0 Å². The number of nitrogens with one attached hydrogen (secondary N) is 1. The summed E-state index contributed by atoms with van der Waals surface area (Å²) in [6, 6.07) is 18.0. The van der Waals surface area contributed by atoms with E-state index in [1.54, 1.807) is 60.7 Å². The van der Waals surface area contributed by atoms with Gasteiger partial charge in [-0.3, -0.25) is 9.69 Å². The van der Waals surface area contributed by atoms with Gasteiger partial charge in [-0.15, -0.1) is 0 Å². The maximum Gasteiger partial charge on any atom is 0.335 e. The number of carboxylic acid groups (broad SMARTS) is 1. The number of hydrogen-bond acceptors (Lipinski definition) is 5. The molecule has 35 heavy (non-hydrogen) atoms. The van der Waals surface area contributed by atoms with Crippen molar-refractivity contribution in [2.24, 2.45) is 0 Å². The average Bonchev–Trinajstić information content (AvgIpc) is 3.11. The van der Waals surface area contributed by atoms with Gasteiger partial charge in [0, 0.05) is 5.02 Å². The molecule has 1 aliphatic heterocycles. The summed E-state index contributed by atoms with van der Waals surface area (Å²) < 4.78 is 11.2. The second-order valence-electron chi connectivity index (χ2n) is 7.67. The summed E-state index contributed by atoms with van der Waals surface area (Å²) in [4.78, 5) is 37.3. The Labute approximate surface area is 206 Å². The molecule has 0 bridgehead atoms. The molecule has 9 heteroatoms. The number of carboxylic acids is 1. The van der Waals surface area contributed by atoms with Crippen molar-refractivity contribution in [3.8, 4) is 11.5 Å². The van der Waals surface area contributed by atoms with E-state index in [2.05, 4.69) is 5.32 Å². The first-order chi connectivity index (χ1) is 16.9. The van der Waals surface area contributed by atoms with E-state index in [1.807, 2.05) is 0 Å². The molecule has 0 aliphatic carbocycles. The van der Waals surface area contributed by atoms with E-state index < -0.39 is 17.9 Å². The third kappa shape index (κ3) is 5.44. The summed E-state index contributed by atoms with van der Waals surface area (Å²) in [7, 11) is 1.49. The molecular formula is C26H21ClN2O6. The summed E-state index contributed by atoms with van der Waals surface area (Å²) in [5.74, 6) is -0.544. The minimum atomic E-state index is -0.993. The van der Waals surface area contributed by atoms with Gasteiger partial charge in [-0.2, -0.15) is 0 Å². The molecule has 0 unspecified atom stereocenters. The van der Waals surface area contributed by atoms with Gasteiger partial charge in [-0.1, -0.05) is 48.0 Å². The number of carbonyl (C=O) groups excluding carboxylic acids is 2. The number of aromatic carboxylic acids is 1. The van der Waals surface area contributed by atoms with Gasteiger partial charge in [0.05, 0.1) is 19.2 Å². The van der Waals surface area contributed by atoms with Gasteiger partial charge in [-0.05, 0) is 53.1 Å². The van der Waals surface area contributed by atoms with Crippen molar-refractivity contribution in [3.63, 3.8) is 0 Å². The molecule has 0 spiro atoms. The van der Waals surface area contributed by atoms with E-state index in [0.29, 0.717) is 27.6 Å². The lowest BCUT2D eigenvalue weighted by Gasteiger charge is -2.13. The summed E-state index contributed by atoms with van der Waals surface area (Å²) in [5, 5.41) is 12.1. The molecule has 1 saturated heterocycles. The van der Waals surface area contributed by atoms with Crippen LogP contribution in [0.5, 0.6) is 11.5 Å². The number of methoxy groups -OCH3 is 1. The van der Waals surface area contributed by atoms with Crippen LogP contribution in [0.1, 0.15) is 27.0 Å². The monoisotopic (exact) mass is 492 g/mol. The Balaban J connectivity index is 1.47. The first kappa shape index (κ1) is 23.8. The van der Waals surface area contributed by atoms with Gasteiger partial charge >= 0.3 is 12.0 Å². The molecule has 3 aromatic rings. The van der Waals surface area contributed by atoms with Crippen molar-refractivity contribution in [2.45, 2.75) is 13.2 Å². The fourth-order valence-electron chi connectivity index (χ4n) is 3.48. The van der Waals surface area contributed by atoms with E-state index >= 15 is 0 Å². The molecule has 8 nitrogen and oxygen atoms in total. The third-order valence-corrected chi connectivity index (χ3v) is 5.71. The molecule has 2 N–H and O–H groups in total. The Bertz CT molecular complexity index is 1320. The number of amides is 3. The first-order valence-electron chi connectivity index (χ1n) is 10.6. The minimum Gasteiger partial charge on any atom is -0.493 e. The molecule has 3 amide bonds. The lowest BCUT2D eigenvalue weighted by Crippen LogP contribution is -2.30. The lowest BCUT2D eigenvalue weighted by atomic mass is 10.1. The molecule has 1 heterocycles. The molecule has 178 valence electrons. The molecule has 4 rings (SSSR count). The highest BCUT2D eigenvalue weighted by molar-refractivity contribution is 6.31. The van der Waals surface area contributed by atoms with Crippen LogP contribution in [0.15, 0.2) is 72.4 Å². The molecular weight excluding hydrogens is 472 g/mol. The summed E-state index contributed by atoms with van der Waals surface area (Å²) >= 11 is 6.16. The molecule has 0 aromatic heterocycles. The van der Waals surface area contributed by atoms with Crippen molar-refractivity contribution < 1.29 is 29.0 Å². The van der Waals surface area contributed by atoms with Gasteiger partial charge in [0.25, 0.3) is 5.91 Å². The van der Waals surface area contributed by atoms with Crippen LogP contribution in [0.25, 0.3) is 6.08 Å². The summed E-state index contributed by atoms with van der Waals surface area (Å²) in [5.41, 5.74) is 2.42. The number of rotatable bonds is 8. The van der Waals surface area contributed by atoms with Crippen molar-refractivity contribution in [1.29, 1.82) is 0 Å². The van der Waals surface area contributed by atoms with Crippen molar-refractivity contribution in [3.05, 3.63) is 99.7 Å². The van der Waals surface area contributed by atoms with Crippen LogP contribution in [0.3, 0.4) is 0 Å². The number of imide groups is 1. The first-order valence-corrected chi connectivity index (χ1v) is 10.9. The zero-order chi connectivity index (χ0) is 24.9. The Morgan fingerprint density at radius 3 is 2.49 bits per heavy atom. The van der Waals surface area contributed by atoms with Crippen LogP contribution in [0.4, 0.5) is 4.79 Å². The van der Waals surface area contributed by atoms with Gasteiger partial charge in [0.15, 0.2) is 11.5 Å². The van der Waals surface area contributed by atoms with Crippen LogP contribution < -0.4 is 14.8 Å². The second-order valence-corrected chi connectivity index (χ2v) is 8.08. The molecule has 0 radical (unpaired) electrons. The zero-order valence-corrected chi connectivity index (χ0v) is 19.4. The van der Waals surface area contributed by atoms with Crippen LogP contribution in [0, 0.1) is 0 Å². The predicted octanol–water partition coefficient (Wildman–Crippen LogP) is 4.72. The quantitative estimate of drug-likeness (QED) is 0.348. The largest absolute Gasteiger partial charge is 0.493 e. The van der Waals surface area contributed by atoms with Crippen molar-refractivity contribution >= 4 is 35.6 Å². The van der Waals surface area contributed by atoms with Crippen LogP contribution in [-0.4, -0.2) is 35.0 Å². The second kappa shape index (κ2) is 10.3. The highest BCUT2D eigenvalue weighted by Crippen LogP contribution is 2.30. The molecule has 1 fully saturated rings. The number of hydrogen-bond donors (Lipinski definition) is 2. The number of urea groups is 1. The summed E-state index contributed by atoms with van der Waals surface area (Å²) in [6.45, 7) is 0.271. The summed E-state index contributed by atoms with van der Waals surface area (Å²) in [6.07, 6.45) is 1.56. The Morgan fingerprint density at radius 2 is 1.80 bits per heavy atom. The fraction of sp³-hybridized carbons (Fsp3) is 0.115. The van der Waals surface area contributed by atoms with Crippen molar-refractivity contribution in [2.75, 3.05) is 7.11 Å². The van der Waals surface area contributed by atoms with E-state index in [-0.39, 0.29) is 24.4 Å². The van der Waals surface area contributed by atoms with E-state index in [0.717, 1.165) is 10.5 Å². The smallest absolute Gasteiger partial charge is 0.335 e. The van der Waals surface area contributed by atoms with Gasteiger partial charge in [0.1, 0.15) is 12.3 Å². The maximum absolute atomic E-state index is 12.8. The lowest BCUT2D eigenvalue weighted by molar-refractivity contribution is -0.123. The molecule has 3 aromatic carbocycles. The highest BCUT2D eigenvalue weighted by Gasteiger charge is 2.33. The van der Waals surface area contributed by atoms with Crippen LogP contribution >= 0.6 is 11.6 Å². The predicted molar refractivity (Wildman–Crippen MR) is 129 cm³/mol. The number of benzene rings is 3. The molecule has 0 atom stereocenters. The number of carbonyl (C=O) groups is 3. The Hall–Kier alpha value is -4.30. The van der Waals surface area contributed by atoms with E-state index in [9.17, 15) is 14.4 Å². The van der Waals surface area contributed by atoms with Gasteiger partial charge in [-0.25, -0.2) is 9.59 Å². The maximum atomic E-state index is 12.8. The Morgan fingerprint density at radius 1 is 1.06 bits per heavy atom. The number of nitrogens with zero attached hydrogens (tertiary/aromatic N) is 1. The standard InChI is InChI=1S/C26H21ClN2O6/c1-34-23-13-17(8-11-22(23)35-15-16-6-9-18(10-7-16)25(31)32)12-21-24(30)29(26(33)28-21)14-19-4-2-3-5-20(19)27/h2-13H,14-15H2,1H3,(H,28,33)(H,31,32). The zero-order valence-electron chi connectivity index (χ0n) is 18.7. The van der Waals surface area contributed by atoms with Crippen molar-refractivity contribution in [1.82, 2.24) is 10.2 Å². The van der Waals surface area contributed by atoms with E-state index in [1.165, 1.54) is 19.2 Å². The van der Waals surface area contributed by atoms with Gasteiger partial charge < -0.3 is 19.9 Å². The SMILES string of the molecule is COc1cc(C=C2NC(=O)N(Cc3ccccc3Cl)C2=O)ccc1OCc1ccc(C(=O)O)cc1. The topological polar surface area (TPSA) is 105 Å². The molecule has 0 saturated carbocycles. The van der Waals surface area contributed by atoms with Crippen LogP contribution in [-0.2, 0) is 17.9 Å². The third-order valence-electron chi connectivity index (χ3n) is 5.34. The minimum absolute atomic E-state index is 0.0607. The van der Waals surface area contributed by atoms with E-state index in [4.69, 9.17) is 26.2 Å². The Kier molecular flexibility index (Phi) is 7.03. The number of ether oxygens (including phenoxy) is 2. The fourth-order valence-corrected chi connectivity index (χ4v) is 3.67. The average molecular weight is 493 g/mol. The highest BCUT2D eigenvalue weighted by atomic mass is 35.5. The molecule has 1 aliphatic rings. The van der Waals surface area contributed by atoms with Crippen LogP contribution in [0.2, 0.25) is 5.02 Å². The normalized spacial score (nSPS) is 14.2.